The van der Waals surface area contributed by atoms with Crippen LogP contribution in [0.5, 0.6) is 0 Å². The van der Waals surface area contributed by atoms with Gasteiger partial charge in [-0.2, -0.15) is 0 Å². The van der Waals surface area contributed by atoms with E-state index in [1.54, 1.807) is 0 Å². The minimum Gasteiger partial charge on any atom is -0.481 e. The van der Waals surface area contributed by atoms with Crippen molar-refractivity contribution in [3.05, 3.63) is 71.5 Å². The largest absolute Gasteiger partial charge is 0.481 e. The second-order valence-corrected chi connectivity index (χ2v) is 9.40. The minimum atomic E-state index is -0.675. The maximum atomic E-state index is 10.5. The van der Waals surface area contributed by atoms with Crippen LogP contribution < -0.4 is 9.47 Å². The third-order valence-corrected chi connectivity index (χ3v) is 6.96. The number of nitrogens with zero attached hydrogens (tertiary/aromatic N) is 2. The fourth-order valence-electron chi connectivity index (χ4n) is 3.87. The summed E-state index contributed by atoms with van der Waals surface area (Å²) in [4.78, 5) is 14.0. The Morgan fingerprint density at radius 1 is 0.969 bits per heavy atom. The Bertz CT molecular complexity index is 922. The van der Waals surface area contributed by atoms with Crippen LogP contribution >= 0.6 is 11.8 Å². The summed E-state index contributed by atoms with van der Waals surface area (Å²) >= 11 is 1.81. The molecule has 32 heavy (non-hydrogen) atoms. The number of aryl methyl sites for hydroxylation is 1. The van der Waals surface area contributed by atoms with E-state index >= 15 is 0 Å². The van der Waals surface area contributed by atoms with Crippen LogP contribution in [0.3, 0.4) is 0 Å². The van der Waals surface area contributed by atoms with E-state index in [-0.39, 0.29) is 0 Å². The van der Waals surface area contributed by atoms with Gasteiger partial charge in [-0.3, -0.25) is 4.79 Å². The molecule has 1 aliphatic heterocycles. The average molecular weight is 452 g/mol. The van der Waals surface area contributed by atoms with E-state index in [1.165, 1.54) is 53.3 Å². The number of benzene rings is 1. The van der Waals surface area contributed by atoms with Crippen molar-refractivity contribution in [2.45, 2.75) is 69.2 Å². The van der Waals surface area contributed by atoms with Crippen LogP contribution in [-0.2, 0) is 11.3 Å². The molecule has 0 spiro atoms. The number of carboxylic acid groups (broad SMARTS) is 1. The van der Waals surface area contributed by atoms with Gasteiger partial charge < -0.3 is 10.0 Å². The number of para-hydroxylation sites is 1. The molecule has 0 bridgehead atoms. The van der Waals surface area contributed by atoms with E-state index in [1.807, 2.05) is 11.8 Å². The molecule has 1 N–H and O–H groups in total. The van der Waals surface area contributed by atoms with Crippen molar-refractivity contribution in [3.8, 4) is 0 Å². The maximum Gasteiger partial charge on any atom is 0.303 e. The molecule has 0 saturated heterocycles. The summed E-state index contributed by atoms with van der Waals surface area (Å²) in [6, 6.07) is 12.8. The molecule has 1 aromatic heterocycles. The second-order valence-electron chi connectivity index (χ2n) is 8.33. The van der Waals surface area contributed by atoms with E-state index in [4.69, 9.17) is 5.11 Å². The molecular formula is C27H35N2O2S+. The first-order chi connectivity index (χ1) is 15.6. The standard InChI is InChI=1S/C27H34N2O2S/c1-28-24-14-9-10-15-25(24)32-26(28)16-12-13-23-18-21-29(22-19-23)20-11-7-5-3-2-4-6-8-17-27(30)31/h9-10,12-16,18-19,21-22H,2-8,11,17,20H2,1H3/p+1. The number of carboxylic acids is 1. The number of carbonyl (C=O) groups is 1. The summed E-state index contributed by atoms with van der Waals surface area (Å²) in [6.45, 7) is 1.06. The van der Waals surface area contributed by atoms with Gasteiger partial charge in [0.2, 0.25) is 0 Å². The topological polar surface area (TPSA) is 44.4 Å². The summed E-state index contributed by atoms with van der Waals surface area (Å²) in [6.07, 6.45) is 20.4. The van der Waals surface area contributed by atoms with Gasteiger partial charge in [0.25, 0.3) is 0 Å². The summed E-state index contributed by atoms with van der Waals surface area (Å²) in [7, 11) is 2.12. The Labute approximate surface area is 196 Å². The number of unbranched alkanes of at least 4 members (excludes halogenated alkanes) is 7. The lowest BCUT2D eigenvalue weighted by Gasteiger charge is -2.12. The quantitative estimate of drug-likeness (QED) is 0.273. The zero-order valence-electron chi connectivity index (χ0n) is 19.1. The summed E-state index contributed by atoms with van der Waals surface area (Å²) in [5.41, 5.74) is 2.48. The van der Waals surface area contributed by atoms with E-state index < -0.39 is 5.97 Å². The normalized spacial score (nSPS) is 14.4. The van der Waals surface area contributed by atoms with Crippen LogP contribution in [0.25, 0.3) is 6.08 Å². The van der Waals surface area contributed by atoms with Gasteiger partial charge in [-0.15, -0.1) is 0 Å². The van der Waals surface area contributed by atoms with Gasteiger partial charge in [0.05, 0.1) is 10.7 Å². The number of pyridine rings is 1. The Morgan fingerprint density at radius 3 is 2.31 bits per heavy atom. The molecule has 1 aromatic carbocycles. The highest BCUT2D eigenvalue weighted by Crippen LogP contribution is 2.44. The highest BCUT2D eigenvalue weighted by atomic mass is 32.2. The zero-order chi connectivity index (χ0) is 22.6. The number of aromatic nitrogens is 1. The predicted octanol–water partition coefficient (Wildman–Crippen LogP) is 6.67. The molecule has 170 valence electrons. The number of allylic oxidation sites excluding steroid dienone is 2. The average Bonchev–Trinajstić information content (AvgIpc) is 3.11. The zero-order valence-corrected chi connectivity index (χ0v) is 19.9. The fourth-order valence-corrected chi connectivity index (χ4v) is 4.93. The number of hydrogen-bond acceptors (Lipinski definition) is 3. The third kappa shape index (κ3) is 7.86. The molecule has 0 unspecified atom stereocenters. The first-order valence-corrected chi connectivity index (χ1v) is 12.5. The molecule has 1 aliphatic rings. The second kappa shape index (κ2) is 13.1. The highest BCUT2D eigenvalue weighted by Gasteiger charge is 2.20. The Kier molecular flexibility index (Phi) is 9.89. The van der Waals surface area contributed by atoms with Crippen molar-refractivity contribution in [1.29, 1.82) is 0 Å². The molecule has 0 radical (unpaired) electrons. The van der Waals surface area contributed by atoms with Gasteiger partial charge in [0.15, 0.2) is 12.4 Å². The first-order valence-electron chi connectivity index (χ1n) is 11.7. The molecule has 5 heteroatoms. The van der Waals surface area contributed by atoms with Crippen LogP contribution in [-0.4, -0.2) is 18.1 Å². The maximum absolute atomic E-state index is 10.5. The van der Waals surface area contributed by atoms with Crippen LogP contribution in [0, 0.1) is 0 Å². The van der Waals surface area contributed by atoms with Crippen molar-refractivity contribution in [2.75, 3.05) is 11.9 Å². The van der Waals surface area contributed by atoms with Crippen molar-refractivity contribution < 1.29 is 14.5 Å². The van der Waals surface area contributed by atoms with Gasteiger partial charge >= 0.3 is 5.97 Å². The molecule has 0 fully saturated rings. The van der Waals surface area contributed by atoms with Crippen LogP contribution in [0.4, 0.5) is 5.69 Å². The van der Waals surface area contributed by atoms with Crippen molar-refractivity contribution in [1.82, 2.24) is 0 Å². The lowest BCUT2D eigenvalue weighted by atomic mass is 10.1. The number of thioether (sulfide) groups is 1. The Morgan fingerprint density at radius 2 is 1.62 bits per heavy atom. The number of anilines is 1. The molecule has 0 atom stereocenters. The summed E-state index contributed by atoms with van der Waals surface area (Å²) < 4.78 is 2.26. The van der Waals surface area contributed by atoms with Crippen LogP contribution in [0.15, 0.2) is 70.9 Å². The molecule has 0 amide bonds. The monoisotopic (exact) mass is 451 g/mol. The number of aliphatic carboxylic acids is 1. The fraction of sp³-hybridized carbons (Fsp3) is 0.407. The van der Waals surface area contributed by atoms with Crippen molar-refractivity contribution in [2.24, 2.45) is 0 Å². The first kappa shape index (κ1) is 24.1. The third-order valence-electron chi connectivity index (χ3n) is 5.77. The number of hydrogen-bond donors (Lipinski definition) is 1. The summed E-state index contributed by atoms with van der Waals surface area (Å²) in [5, 5.41) is 9.87. The highest BCUT2D eigenvalue weighted by molar-refractivity contribution is 8.03. The minimum absolute atomic E-state index is 0.314. The molecule has 2 heterocycles. The van der Waals surface area contributed by atoms with Gasteiger partial charge in [-0.25, -0.2) is 4.57 Å². The molecule has 3 rings (SSSR count). The Balaban J connectivity index is 1.30. The SMILES string of the molecule is CN1C(=CC=Cc2cc[n+](CCCCCCCCCCC(=O)O)cc2)Sc2ccccc21. The van der Waals surface area contributed by atoms with Gasteiger partial charge in [0, 0.05) is 36.9 Å². The van der Waals surface area contributed by atoms with Gasteiger partial charge in [0.1, 0.15) is 6.54 Å². The van der Waals surface area contributed by atoms with E-state index in [0.717, 1.165) is 25.8 Å². The van der Waals surface area contributed by atoms with E-state index in [0.29, 0.717) is 6.42 Å². The lowest BCUT2D eigenvalue weighted by molar-refractivity contribution is -0.697. The smallest absolute Gasteiger partial charge is 0.303 e. The molecule has 0 saturated carbocycles. The van der Waals surface area contributed by atoms with Crippen LogP contribution in [0.1, 0.15) is 63.4 Å². The Hall–Kier alpha value is -2.53. The number of rotatable bonds is 13. The molecule has 0 aliphatic carbocycles. The van der Waals surface area contributed by atoms with Crippen molar-refractivity contribution in [3.63, 3.8) is 0 Å². The van der Waals surface area contributed by atoms with E-state index in [9.17, 15) is 4.79 Å². The number of fused-ring (bicyclic) bond motifs is 1. The van der Waals surface area contributed by atoms with Gasteiger partial charge in [-0.05, 0) is 36.6 Å². The van der Waals surface area contributed by atoms with Gasteiger partial charge in [-0.1, -0.05) is 68.2 Å². The predicted molar refractivity (Wildman–Crippen MR) is 134 cm³/mol. The van der Waals surface area contributed by atoms with Crippen LogP contribution in [0.2, 0.25) is 0 Å². The molecular weight excluding hydrogens is 416 g/mol. The molecule has 2 aromatic rings. The van der Waals surface area contributed by atoms with E-state index in [2.05, 4.69) is 83.5 Å². The molecule has 4 nitrogen and oxygen atoms in total. The summed E-state index contributed by atoms with van der Waals surface area (Å²) in [5.74, 6) is -0.675. The lowest BCUT2D eigenvalue weighted by Crippen LogP contribution is -2.32. The van der Waals surface area contributed by atoms with Crippen molar-refractivity contribution >= 4 is 29.5 Å².